The molecule has 0 aliphatic rings. The van der Waals surface area contributed by atoms with E-state index in [1.165, 1.54) is 47.0 Å². The summed E-state index contributed by atoms with van der Waals surface area (Å²) in [4.78, 5) is 30.9. The summed E-state index contributed by atoms with van der Waals surface area (Å²) >= 11 is 2.90. The average Bonchev–Trinajstić information content (AvgIpc) is 3.14. The summed E-state index contributed by atoms with van der Waals surface area (Å²) in [7, 11) is -2.14. The molecule has 0 fully saturated rings. The van der Waals surface area contributed by atoms with Gasteiger partial charge in [-0.15, -0.1) is 11.8 Å². The molecule has 3 aromatic rings. The van der Waals surface area contributed by atoms with E-state index in [2.05, 4.69) is 4.99 Å². The molecule has 182 valence electrons. The molecule has 0 radical (unpaired) electrons. The van der Waals surface area contributed by atoms with Crippen molar-refractivity contribution in [1.29, 1.82) is 0 Å². The minimum atomic E-state index is -3.65. The smallest absolute Gasteiger partial charge is 0.326 e. The first-order chi connectivity index (χ1) is 16.1. The first-order valence-electron chi connectivity index (χ1n) is 10.6. The molecule has 34 heavy (non-hydrogen) atoms. The van der Waals surface area contributed by atoms with Gasteiger partial charge in [0.15, 0.2) is 4.80 Å². The molecular formula is C23H27N3O5S3. The van der Waals surface area contributed by atoms with E-state index in [-0.39, 0.29) is 29.7 Å². The van der Waals surface area contributed by atoms with Gasteiger partial charge in [-0.05, 0) is 69.5 Å². The number of benzene rings is 2. The molecule has 1 amide bonds. The van der Waals surface area contributed by atoms with Gasteiger partial charge in [-0.3, -0.25) is 9.59 Å². The van der Waals surface area contributed by atoms with Crippen molar-refractivity contribution in [3.63, 3.8) is 0 Å². The number of thioether (sulfide) groups is 1. The fourth-order valence-electron chi connectivity index (χ4n) is 3.12. The molecule has 0 spiro atoms. The maximum atomic E-state index is 12.9. The molecule has 11 heteroatoms. The monoisotopic (exact) mass is 521 g/mol. The number of esters is 1. The number of rotatable bonds is 8. The molecule has 8 nitrogen and oxygen atoms in total. The van der Waals surface area contributed by atoms with Crippen LogP contribution in [0.25, 0.3) is 10.2 Å². The second-order valence-electron chi connectivity index (χ2n) is 7.67. The average molecular weight is 522 g/mol. The van der Waals surface area contributed by atoms with E-state index in [9.17, 15) is 18.0 Å². The fraction of sp³-hybridized carbons (Fsp3) is 0.348. The van der Waals surface area contributed by atoms with E-state index in [0.717, 1.165) is 15.1 Å². The Labute approximate surface area is 207 Å². The third-order valence-corrected chi connectivity index (χ3v) is 9.00. The Balaban J connectivity index is 2.01. The summed E-state index contributed by atoms with van der Waals surface area (Å²) in [6, 6.07) is 11.3. The topological polar surface area (TPSA) is 98.0 Å². The van der Waals surface area contributed by atoms with Gasteiger partial charge in [0.1, 0.15) is 6.54 Å². The van der Waals surface area contributed by atoms with Crippen molar-refractivity contribution >= 4 is 55.2 Å². The molecule has 1 heterocycles. The third kappa shape index (κ3) is 5.60. The predicted octanol–water partition coefficient (Wildman–Crippen LogP) is 3.76. The van der Waals surface area contributed by atoms with Gasteiger partial charge >= 0.3 is 5.97 Å². The Morgan fingerprint density at radius 3 is 2.44 bits per heavy atom. The molecule has 0 saturated carbocycles. The van der Waals surface area contributed by atoms with Gasteiger partial charge in [0, 0.05) is 23.5 Å². The zero-order valence-electron chi connectivity index (χ0n) is 19.6. The van der Waals surface area contributed by atoms with Crippen LogP contribution >= 0.6 is 23.1 Å². The number of thiazole rings is 1. The molecule has 0 bridgehead atoms. The van der Waals surface area contributed by atoms with Crippen molar-refractivity contribution < 1.29 is 22.7 Å². The number of hydrogen-bond acceptors (Lipinski definition) is 7. The van der Waals surface area contributed by atoms with Crippen LogP contribution in [-0.2, 0) is 26.1 Å². The number of ether oxygens (including phenoxy) is 1. The molecule has 0 N–H and O–H groups in total. The number of aromatic nitrogens is 1. The highest BCUT2D eigenvalue weighted by Gasteiger charge is 2.23. The number of sulfonamides is 1. The lowest BCUT2D eigenvalue weighted by Gasteiger charge is -2.20. The molecule has 1 aromatic heterocycles. The second kappa shape index (κ2) is 10.9. The Hall–Kier alpha value is -2.47. The van der Waals surface area contributed by atoms with Crippen LogP contribution in [-0.4, -0.2) is 55.1 Å². The minimum Gasteiger partial charge on any atom is -0.465 e. The first-order valence-corrected chi connectivity index (χ1v) is 14.1. The Morgan fingerprint density at radius 2 is 1.85 bits per heavy atom. The summed E-state index contributed by atoms with van der Waals surface area (Å²) in [5.74, 6) is -0.954. The van der Waals surface area contributed by atoms with E-state index in [1.807, 2.05) is 24.5 Å². The number of nitrogens with zero attached hydrogens (tertiary/aromatic N) is 3. The van der Waals surface area contributed by atoms with Crippen LogP contribution in [0.2, 0.25) is 0 Å². The van der Waals surface area contributed by atoms with Gasteiger partial charge in [-0.1, -0.05) is 11.3 Å². The maximum absolute atomic E-state index is 12.9. The van der Waals surface area contributed by atoms with Crippen molar-refractivity contribution in [2.45, 2.75) is 43.1 Å². The highest BCUT2D eigenvalue weighted by Crippen LogP contribution is 2.24. The molecule has 0 saturated heterocycles. The molecular weight excluding hydrogens is 494 g/mol. The Kier molecular flexibility index (Phi) is 8.34. The van der Waals surface area contributed by atoms with Crippen molar-refractivity contribution in [1.82, 2.24) is 8.87 Å². The number of carbonyl (C=O) groups is 2. The molecule has 0 aliphatic heterocycles. The van der Waals surface area contributed by atoms with Gasteiger partial charge in [-0.25, -0.2) is 8.42 Å². The summed E-state index contributed by atoms with van der Waals surface area (Å²) in [5.41, 5.74) is 1.02. The lowest BCUT2D eigenvalue weighted by molar-refractivity contribution is -0.143. The summed E-state index contributed by atoms with van der Waals surface area (Å²) in [6.07, 6.45) is 1.97. The van der Waals surface area contributed by atoms with Crippen molar-refractivity contribution in [2.24, 2.45) is 4.99 Å². The van der Waals surface area contributed by atoms with Crippen LogP contribution in [0.5, 0.6) is 0 Å². The van der Waals surface area contributed by atoms with Crippen LogP contribution < -0.4 is 4.80 Å². The third-order valence-electron chi connectivity index (χ3n) is 5.19. The van der Waals surface area contributed by atoms with Gasteiger partial charge < -0.3 is 9.30 Å². The molecule has 2 aromatic carbocycles. The summed E-state index contributed by atoms with van der Waals surface area (Å²) in [6.45, 7) is 5.48. The number of fused-ring (bicyclic) bond motifs is 1. The molecule has 0 aliphatic carbocycles. The van der Waals surface area contributed by atoms with Crippen LogP contribution in [0.15, 0.2) is 57.2 Å². The second-order valence-corrected chi connectivity index (χ2v) is 11.6. The van der Waals surface area contributed by atoms with Gasteiger partial charge in [-0.2, -0.15) is 9.30 Å². The number of hydrogen-bond donors (Lipinski definition) is 0. The normalized spacial score (nSPS) is 12.6. The Morgan fingerprint density at radius 1 is 1.18 bits per heavy atom. The SMILES string of the molecule is CCOC(=O)Cn1c(=NC(=O)c2ccc(S(=O)(=O)N(C)C(C)C)cc2)sc2cc(SC)ccc21. The fourth-order valence-corrected chi connectivity index (χ4v) is 6.07. The maximum Gasteiger partial charge on any atom is 0.326 e. The van der Waals surface area contributed by atoms with Crippen LogP contribution in [0.4, 0.5) is 0 Å². The first kappa shape index (κ1) is 26.1. The quantitative estimate of drug-likeness (QED) is 0.331. The van der Waals surface area contributed by atoms with Crippen molar-refractivity contribution in [3.05, 3.63) is 52.8 Å². The van der Waals surface area contributed by atoms with E-state index in [0.29, 0.717) is 4.80 Å². The highest BCUT2D eigenvalue weighted by atomic mass is 32.2. The highest BCUT2D eigenvalue weighted by molar-refractivity contribution is 7.98. The molecule has 0 unspecified atom stereocenters. The van der Waals surface area contributed by atoms with Crippen LogP contribution in [0, 0.1) is 0 Å². The Bertz CT molecular complexity index is 1370. The lowest BCUT2D eigenvalue weighted by atomic mass is 10.2. The molecule has 3 rings (SSSR count). The van der Waals surface area contributed by atoms with E-state index in [1.54, 1.807) is 37.1 Å². The van der Waals surface area contributed by atoms with E-state index >= 15 is 0 Å². The molecule has 0 atom stereocenters. The van der Waals surface area contributed by atoms with Crippen molar-refractivity contribution in [2.75, 3.05) is 19.9 Å². The standard InChI is InChI=1S/C23H27N3O5S3/c1-6-31-21(27)14-26-19-12-9-17(32-5)13-20(19)33-23(26)24-22(28)16-7-10-18(11-8-16)34(29,30)25(4)15(2)3/h7-13,15H,6,14H2,1-5H3. The summed E-state index contributed by atoms with van der Waals surface area (Å²) < 4.78 is 34.2. The van der Waals surface area contributed by atoms with Gasteiger partial charge in [0.05, 0.1) is 21.7 Å². The van der Waals surface area contributed by atoms with E-state index < -0.39 is 21.9 Å². The largest absolute Gasteiger partial charge is 0.465 e. The van der Waals surface area contributed by atoms with Crippen LogP contribution in [0.3, 0.4) is 0 Å². The number of carbonyl (C=O) groups excluding carboxylic acids is 2. The van der Waals surface area contributed by atoms with Crippen LogP contribution in [0.1, 0.15) is 31.1 Å². The van der Waals surface area contributed by atoms with Gasteiger partial charge in [0.25, 0.3) is 5.91 Å². The summed E-state index contributed by atoms with van der Waals surface area (Å²) in [5, 5.41) is 0. The zero-order chi connectivity index (χ0) is 25.0. The van der Waals surface area contributed by atoms with E-state index in [4.69, 9.17) is 4.74 Å². The number of amides is 1. The minimum absolute atomic E-state index is 0.0721. The van der Waals surface area contributed by atoms with Gasteiger partial charge in [0.2, 0.25) is 10.0 Å². The lowest BCUT2D eigenvalue weighted by Crippen LogP contribution is -2.33. The predicted molar refractivity (Wildman–Crippen MR) is 135 cm³/mol. The van der Waals surface area contributed by atoms with Crippen molar-refractivity contribution in [3.8, 4) is 0 Å². The zero-order valence-corrected chi connectivity index (χ0v) is 22.1.